The fraction of sp³-hybridized carbons (Fsp3) is 0.103. The van der Waals surface area contributed by atoms with E-state index in [2.05, 4.69) is 123 Å². The molecule has 0 atom stereocenters. The Kier molecular flexibility index (Phi) is 5.02. The second kappa shape index (κ2) is 9.39. The van der Waals surface area contributed by atoms with Gasteiger partial charge < -0.3 is 18.9 Å². The molecule has 0 spiro atoms. The van der Waals surface area contributed by atoms with E-state index in [0.29, 0.717) is 16.8 Å². The van der Waals surface area contributed by atoms with Gasteiger partial charge in [-0.1, -0.05) is 85.2 Å². The van der Waals surface area contributed by atoms with Crippen LogP contribution in [0.15, 0.2) is 131 Å². The Morgan fingerprint density at radius 3 is 2.12 bits per heavy atom. The van der Waals surface area contributed by atoms with Gasteiger partial charge in [0.05, 0.1) is 17.2 Å². The maximum absolute atomic E-state index is 8.66. The van der Waals surface area contributed by atoms with Crippen LogP contribution in [0.4, 0.5) is 0 Å². The molecule has 0 saturated carbocycles. The van der Waals surface area contributed by atoms with Crippen LogP contribution in [0, 0.1) is 0 Å². The Morgan fingerprint density at radius 1 is 0.805 bits per heavy atom. The summed E-state index contributed by atoms with van der Waals surface area (Å²) in [6, 6.07) is 8.52. The minimum absolute atomic E-state index is 0.0344. The third kappa shape index (κ3) is 3.84. The van der Waals surface area contributed by atoms with Crippen LogP contribution >= 0.6 is 11.8 Å². The molecular formula is C29H28B4N6SSi. The van der Waals surface area contributed by atoms with Crippen LogP contribution in [-0.4, -0.2) is 64.9 Å². The molecule has 0 aliphatic carbocycles. The summed E-state index contributed by atoms with van der Waals surface area (Å²) >= 11 is 1.63. The van der Waals surface area contributed by atoms with E-state index < -0.39 is 14.9 Å². The zero-order valence-electron chi connectivity index (χ0n) is 25.9. The van der Waals surface area contributed by atoms with Gasteiger partial charge >= 0.3 is 27.9 Å². The number of fused-ring (bicyclic) bond motifs is 10. The molecular weight excluding hydrogens is 536 g/mol. The van der Waals surface area contributed by atoms with Crippen molar-refractivity contribution >= 4 is 63.8 Å². The quantitative estimate of drug-likeness (QED) is 0.488. The normalized spacial score (nSPS) is 22.3. The summed E-state index contributed by atoms with van der Waals surface area (Å²) in [6.07, 6.45) is 22.4. The molecule has 7 heterocycles. The van der Waals surface area contributed by atoms with Gasteiger partial charge in [0.15, 0.2) is 0 Å². The lowest BCUT2D eigenvalue weighted by Crippen LogP contribution is -2.73. The lowest BCUT2D eigenvalue weighted by molar-refractivity contribution is 0.622. The highest BCUT2D eigenvalue weighted by Gasteiger charge is 2.50. The average Bonchev–Trinajstić information content (AvgIpc) is 3.03. The number of aromatic nitrogens is 2. The van der Waals surface area contributed by atoms with E-state index in [4.69, 9.17) is 14.1 Å². The summed E-state index contributed by atoms with van der Waals surface area (Å²) in [5.74, 6) is 8.45. The lowest BCUT2D eigenvalue weighted by atomic mass is 9.41. The Balaban J connectivity index is 1.29. The Bertz CT molecular complexity index is 1800. The molecule has 1 aromatic carbocycles. The molecule has 8 rings (SSSR count). The molecule has 6 nitrogen and oxygen atoms in total. The van der Waals surface area contributed by atoms with Crippen LogP contribution < -0.4 is 10.5 Å². The zero-order valence-corrected chi connectivity index (χ0v) is 24.7. The molecule has 1 aromatic heterocycles. The summed E-state index contributed by atoms with van der Waals surface area (Å²) in [5.41, 5.74) is 1.46. The Morgan fingerprint density at radius 2 is 1.44 bits per heavy atom. The van der Waals surface area contributed by atoms with Crippen molar-refractivity contribution in [2.75, 3.05) is 0 Å². The monoisotopic (exact) mass is 567 g/mol. The van der Waals surface area contributed by atoms with Crippen molar-refractivity contribution in [2.24, 2.45) is 0 Å². The van der Waals surface area contributed by atoms with Gasteiger partial charge in [-0.05, 0) is 66.7 Å². The summed E-state index contributed by atoms with van der Waals surface area (Å²) in [7, 11) is -2.07. The highest BCUT2D eigenvalue weighted by atomic mass is 32.2. The third-order valence-electron chi connectivity index (χ3n) is 8.66. The smallest absolute Gasteiger partial charge is 0.380 e. The molecule has 6 aliphatic rings. The number of rotatable bonds is 1. The maximum atomic E-state index is 8.66. The predicted octanol–water partition coefficient (Wildman–Crippen LogP) is 3.65. The standard InChI is InChI=1S/C29H28B4N6SSi/c1-23-20-33-38-19-11-7-15-31(38)36-17-9-6-14-30(36)37-18-10-8-16-32(37)39(33)22-24(23)25-21-34-29-28(35-25)40-26-12-4-5-13-27(26)41(29,2)3/h4-22H,1-3H3/i1D3. The lowest BCUT2D eigenvalue weighted by Gasteiger charge is -2.53. The first-order valence-corrected chi connectivity index (χ1v) is 17.8. The molecule has 0 unspecified atom stereocenters. The molecule has 0 radical (unpaired) electrons. The first kappa shape index (κ1) is 21.9. The third-order valence-corrected chi connectivity index (χ3v) is 13.4. The number of hydrogen-bond donors (Lipinski definition) is 0. The number of nitrogens with zero attached hydrogens (tertiary/aromatic N) is 6. The van der Waals surface area contributed by atoms with Crippen molar-refractivity contribution < 1.29 is 4.11 Å². The number of benzene rings is 1. The summed E-state index contributed by atoms with van der Waals surface area (Å²) < 4.78 is 35.1. The minimum Gasteiger partial charge on any atom is -0.423 e. The average molecular weight is 567 g/mol. The largest absolute Gasteiger partial charge is 0.423 e. The second-order valence-corrected chi connectivity index (χ2v) is 16.7. The molecule has 196 valence electrons. The Labute approximate surface area is 253 Å². The van der Waals surface area contributed by atoms with Crippen molar-refractivity contribution in [3.8, 4) is 0 Å². The fourth-order valence-electron chi connectivity index (χ4n) is 6.60. The van der Waals surface area contributed by atoms with Gasteiger partial charge in [0.2, 0.25) is 0 Å². The van der Waals surface area contributed by atoms with Crippen LogP contribution in [0.1, 0.15) is 16.7 Å². The molecule has 1 fully saturated rings. The van der Waals surface area contributed by atoms with Gasteiger partial charge in [0, 0.05) is 14.6 Å². The number of hydrogen-bond acceptors (Lipinski definition) is 7. The predicted molar refractivity (Wildman–Crippen MR) is 176 cm³/mol. The highest BCUT2D eigenvalue weighted by Crippen LogP contribution is 2.36. The Hall–Kier alpha value is -3.75. The van der Waals surface area contributed by atoms with Crippen LogP contribution in [0.5, 0.6) is 0 Å². The molecule has 0 amide bonds. The molecule has 0 N–H and O–H groups in total. The highest BCUT2D eigenvalue weighted by molar-refractivity contribution is 8.00. The molecule has 2 aromatic rings. The van der Waals surface area contributed by atoms with Crippen molar-refractivity contribution in [3.63, 3.8) is 0 Å². The second-order valence-electron chi connectivity index (χ2n) is 11.4. The van der Waals surface area contributed by atoms with Crippen molar-refractivity contribution in [1.29, 1.82) is 0 Å². The van der Waals surface area contributed by atoms with Crippen LogP contribution in [0.3, 0.4) is 0 Å². The van der Waals surface area contributed by atoms with E-state index in [1.807, 2.05) is 18.3 Å². The van der Waals surface area contributed by atoms with Crippen LogP contribution in [0.2, 0.25) is 13.1 Å². The molecule has 1 saturated heterocycles. The van der Waals surface area contributed by atoms with Gasteiger partial charge in [-0.25, -0.2) is 4.98 Å². The molecule has 6 aliphatic heterocycles. The molecule has 41 heavy (non-hydrogen) atoms. The van der Waals surface area contributed by atoms with Crippen LogP contribution in [-0.2, 0) is 0 Å². The first-order valence-electron chi connectivity index (χ1n) is 15.5. The molecule has 12 heteroatoms. The van der Waals surface area contributed by atoms with E-state index in [-0.39, 0.29) is 27.9 Å². The summed E-state index contributed by atoms with van der Waals surface area (Å²) in [5, 5.41) is 3.28. The van der Waals surface area contributed by atoms with Crippen LogP contribution in [0.25, 0.3) is 5.57 Å². The van der Waals surface area contributed by atoms with E-state index in [1.54, 1.807) is 18.0 Å². The van der Waals surface area contributed by atoms with Crippen molar-refractivity contribution in [1.82, 2.24) is 28.9 Å². The SMILES string of the molecule is [2H]C([2H])([2H])C1=CB2N3C=CC=CB3N3C=CC=CB3N3C=CC=CB3N2C=C1c1cnc2c(n1)Sc1ccccc1[Si]2(C)C. The van der Waals surface area contributed by atoms with E-state index >= 15 is 0 Å². The van der Waals surface area contributed by atoms with E-state index in [9.17, 15) is 0 Å². The van der Waals surface area contributed by atoms with Crippen molar-refractivity contribution in [2.45, 2.75) is 29.9 Å². The topological polar surface area (TPSA) is 38.7 Å². The van der Waals surface area contributed by atoms with Gasteiger partial charge in [-0.15, -0.1) is 0 Å². The van der Waals surface area contributed by atoms with E-state index in [1.165, 1.54) is 10.1 Å². The number of allylic oxidation sites excluding steroid dienone is 8. The summed E-state index contributed by atoms with van der Waals surface area (Å²) in [4.78, 5) is 11.4. The van der Waals surface area contributed by atoms with Gasteiger partial charge in [0.25, 0.3) is 0 Å². The zero-order chi connectivity index (χ0) is 30.2. The maximum Gasteiger partial charge on any atom is 0.380 e. The summed E-state index contributed by atoms with van der Waals surface area (Å²) in [6.45, 7) is 1.59. The molecule has 0 bridgehead atoms. The first-order chi connectivity index (χ1) is 21.2. The van der Waals surface area contributed by atoms with Gasteiger partial charge in [-0.2, -0.15) is 0 Å². The van der Waals surface area contributed by atoms with Gasteiger partial charge in [-0.3, -0.25) is 4.98 Å². The minimum atomic E-state index is -2.35. The van der Waals surface area contributed by atoms with Gasteiger partial charge in [0.1, 0.15) is 13.1 Å². The van der Waals surface area contributed by atoms with E-state index in [0.717, 1.165) is 10.3 Å². The fourth-order valence-corrected chi connectivity index (χ4v) is 11.7. The van der Waals surface area contributed by atoms with Crippen molar-refractivity contribution in [3.05, 3.63) is 127 Å².